The summed E-state index contributed by atoms with van der Waals surface area (Å²) >= 11 is 28.6. The molecule has 0 amide bonds. The van der Waals surface area contributed by atoms with Crippen LogP contribution in [0, 0.1) is 175 Å². The van der Waals surface area contributed by atoms with Crippen LogP contribution >= 0.6 is 84.1 Å². The van der Waals surface area contributed by atoms with Gasteiger partial charge in [-0.3, -0.25) is 0 Å². The van der Waals surface area contributed by atoms with Crippen LogP contribution in [-0.4, -0.2) is 59.2 Å². The maximum absolute atomic E-state index is 16.4. The number of hydrogen-bond acceptors (Lipinski definition) is 0. The van der Waals surface area contributed by atoms with Crippen molar-refractivity contribution in [3.63, 3.8) is 0 Å². The highest BCUT2D eigenvalue weighted by atomic mass is 35.5. The van der Waals surface area contributed by atoms with E-state index in [-0.39, 0.29) is 28.9 Å². The average molecular weight is 1950 g/mol. The molecule has 123 heavy (non-hydrogen) atoms. The Kier molecular flexibility index (Phi) is 40.0. The number of hydrogen-bond donors (Lipinski definition) is 0. The van der Waals surface area contributed by atoms with E-state index in [2.05, 4.69) is 22.9 Å². The number of rotatable bonds is 18. The van der Waals surface area contributed by atoms with E-state index in [1.165, 1.54) is 13.8 Å². The number of halogens is 36. The highest BCUT2D eigenvalue weighted by Crippen LogP contribution is 2.89. The quantitative estimate of drug-likeness (QED) is 0.0153. The fourth-order valence-electron chi connectivity index (χ4n) is 19.1. The molecule has 0 aliphatic heterocycles. The summed E-state index contributed by atoms with van der Waals surface area (Å²) < 4.78 is 467. The zero-order valence-corrected chi connectivity index (χ0v) is 76.8. The zero-order chi connectivity index (χ0) is 96.7. The molecule has 0 bridgehead atoms. The first-order valence-electron chi connectivity index (χ1n) is 37.1. The predicted octanol–water partition coefficient (Wildman–Crippen LogP) is 29.0. The van der Waals surface area contributed by atoms with E-state index in [0.717, 1.165) is 0 Å². The van der Waals surface area contributed by atoms with Crippen LogP contribution in [-0.2, 0) is 0 Å². The molecule has 0 saturated heterocycles. The van der Waals surface area contributed by atoms with Gasteiger partial charge in [0.05, 0.1) is 61.5 Å². The van der Waals surface area contributed by atoms with Crippen molar-refractivity contribution in [2.24, 2.45) is 0 Å². The fraction of sp³-hybridized carbons (Fsp3) is 0.470. The van der Waals surface area contributed by atoms with Gasteiger partial charge in [-0.1, -0.05) is 53.4 Å². The lowest BCUT2D eigenvalue weighted by molar-refractivity contribution is 0.379. The van der Waals surface area contributed by atoms with Crippen molar-refractivity contribution in [1.29, 1.82) is 0 Å². The molecule has 0 saturated carbocycles. The van der Waals surface area contributed by atoms with Gasteiger partial charge in [0, 0.05) is 12.8 Å². The zero-order valence-electron chi connectivity index (χ0n) is 70.4. The summed E-state index contributed by atoms with van der Waals surface area (Å²) in [5.74, 6) is -90.9. The number of benzene rings is 6. The van der Waals surface area contributed by atoms with Crippen molar-refractivity contribution in [2.75, 3.05) is 16.0 Å². The fourth-order valence-corrected chi connectivity index (χ4v) is 37.6. The van der Waals surface area contributed by atoms with Crippen LogP contribution in [0.1, 0.15) is 204 Å². The summed E-state index contributed by atoms with van der Waals surface area (Å²) in [7, 11) is -5.72. The van der Waals surface area contributed by atoms with E-state index in [0.29, 0.717) is 23.5 Å². The monoisotopic (exact) mass is 1950 g/mol. The van der Waals surface area contributed by atoms with Crippen molar-refractivity contribution in [1.82, 2.24) is 0 Å². The molecule has 0 N–H and O–H groups in total. The summed E-state index contributed by atoms with van der Waals surface area (Å²) in [5, 5.41) is -2.88. The van der Waals surface area contributed by atoms with Crippen LogP contribution in [0.15, 0.2) is 44.5 Å². The molecular formula is C83H88B2Cl6F30P2. The van der Waals surface area contributed by atoms with E-state index in [9.17, 15) is 26.3 Å². The first kappa shape index (κ1) is 114. The van der Waals surface area contributed by atoms with E-state index in [1.807, 2.05) is 125 Å². The second-order valence-corrected chi connectivity index (χ2v) is 48.0. The van der Waals surface area contributed by atoms with Gasteiger partial charge >= 0.3 is 0 Å². The van der Waals surface area contributed by atoms with E-state index < -0.39 is 302 Å². The van der Waals surface area contributed by atoms with Crippen LogP contribution in [0.2, 0.25) is 0 Å². The Morgan fingerprint density at radius 3 is 0.407 bits per heavy atom. The maximum atomic E-state index is 16.4. The van der Waals surface area contributed by atoms with Crippen molar-refractivity contribution >= 4 is 129 Å². The highest BCUT2D eigenvalue weighted by molar-refractivity contribution is 7.84. The maximum Gasteiger partial charge on any atom is 0.200 e. The number of alkyl halides is 6. The van der Waals surface area contributed by atoms with Crippen molar-refractivity contribution < 1.29 is 132 Å². The lowest BCUT2D eigenvalue weighted by Crippen LogP contribution is -2.74. The minimum Gasteiger partial charge on any atom is -0.207 e. The van der Waals surface area contributed by atoms with Gasteiger partial charge in [0.1, 0.15) is 92.7 Å². The third kappa shape index (κ3) is 20.3. The second-order valence-electron chi connectivity index (χ2n) is 33.7. The third-order valence-electron chi connectivity index (χ3n) is 20.7. The van der Waals surface area contributed by atoms with E-state index >= 15 is 105 Å². The Balaban J connectivity index is 0.000000760. The summed E-state index contributed by atoms with van der Waals surface area (Å²) in [6, 6.07) is 0. The molecular weight excluding hydrogens is 1860 g/mol. The lowest BCUT2D eigenvalue weighted by Gasteiger charge is -2.54. The van der Waals surface area contributed by atoms with Crippen molar-refractivity contribution in [3.8, 4) is 0 Å². The molecule has 6 aromatic carbocycles. The Morgan fingerprint density at radius 1 is 0.203 bits per heavy atom. The largest absolute Gasteiger partial charge is 0.207 e. The topological polar surface area (TPSA) is 0 Å². The molecule has 0 spiro atoms. The highest BCUT2D eigenvalue weighted by Gasteiger charge is 2.69. The third-order valence-corrected chi connectivity index (χ3v) is 35.1. The van der Waals surface area contributed by atoms with E-state index in [4.69, 9.17) is 69.6 Å². The molecule has 0 heterocycles. The van der Waals surface area contributed by atoms with E-state index in [1.54, 1.807) is 13.8 Å². The van der Waals surface area contributed by atoms with Crippen LogP contribution in [0.3, 0.4) is 0 Å². The number of allylic oxidation sites excluding steroid dienone is 4. The molecule has 0 unspecified atom stereocenters. The van der Waals surface area contributed by atoms with Gasteiger partial charge in [-0.25, -0.2) is 132 Å². The summed E-state index contributed by atoms with van der Waals surface area (Å²) in [6.45, 7) is 39.5. The van der Waals surface area contributed by atoms with Gasteiger partial charge in [0.25, 0.3) is 0 Å². The molecule has 0 aromatic heterocycles. The van der Waals surface area contributed by atoms with Crippen LogP contribution in [0.5, 0.6) is 0 Å². The van der Waals surface area contributed by atoms with Crippen molar-refractivity contribution in [2.45, 2.75) is 235 Å². The van der Waals surface area contributed by atoms with Gasteiger partial charge in [-0.05, 0) is 149 Å². The summed E-state index contributed by atoms with van der Waals surface area (Å²) in [4.78, 5) is 0. The molecule has 0 radical (unpaired) electrons. The minimum absolute atomic E-state index is 0.0968. The standard InChI is InChI=1S/2C40H41BF15P.3CH2Cl2/c2*1-12-14-18(16-17-19(15-13-2)57(38(3,4)5,39(6,7)8)40(9,10)11)41(20-23(42)29(48)35(54)30(49)24(20)43,21-25(44)31(50)36(55)32(51)26(21)45)22-27(46)33(52)37(56)34(53)28(22)47;3*2-1-3/h2*12-15H2,1-11H3;3*1H2. The first-order chi connectivity index (χ1) is 56.0. The summed E-state index contributed by atoms with van der Waals surface area (Å²) in [6.07, 6.45) is -14.1. The molecule has 0 fully saturated rings. The van der Waals surface area contributed by atoms with Gasteiger partial charge < -0.3 is 0 Å². The molecule has 688 valence electrons. The summed E-state index contributed by atoms with van der Waals surface area (Å²) in [5.41, 5.74) is -8.48. The molecule has 0 nitrogen and oxygen atoms in total. The molecule has 6 rings (SSSR count). The van der Waals surface area contributed by atoms with Gasteiger partial charge in [0.15, 0.2) is 105 Å². The minimum atomic E-state index is -5.93. The first-order valence-corrected chi connectivity index (χ1v) is 43.9. The second kappa shape index (κ2) is 43.3. The Bertz CT molecular complexity index is 4240. The van der Waals surface area contributed by atoms with Gasteiger partial charge in [0.2, 0.25) is 0 Å². The van der Waals surface area contributed by atoms with Crippen LogP contribution in [0.4, 0.5) is 132 Å². The van der Waals surface area contributed by atoms with Crippen molar-refractivity contribution in [3.05, 3.63) is 219 Å². The van der Waals surface area contributed by atoms with Crippen LogP contribution in [0.25, 0.3) is 0 Å². The molecule has 0 aliphatic carbocycles. The lowest BCUT2D eigenvalue weighted by atomic mass is 9.11. The van der Waals surface area contributed by atoms with Gasteiger partial charge in [-0.2, -0.15) is 10.9 Å². The predicted molar refractivity (Wildman–Crippen MR) is 437 cm³/mol. The molecule has 6 aromatic rings. The Labute approximate surface area is 726 Å². The molecule has 0 aliphatic rings. The molecule has 0 atom stereocenters. The van der Waals surface area contributed by atoms with Gasteiger partial charge in [-0.15, -0.1) is 114 Å². The Morgan fingerprint density at radius 2 is 0.309 bits per heavy atom. The average Bonchev–Trinajstić information content (AvgIpc) is 0.693. The smallest absolute Gasteiger partial charge is 0.200 e. The Hall–Kier alpha value is -5.45. The molecule has 40 heteroatoms. The normalized spacial score (nSPS) is 12.4. The SMILES string of the molecule is CCCC(=C=C=C(CCC)[P+](C(C)(C)C)(C(C)(C)C)C(C)(C)C)[B-](c1c(F)c(F)c(F)c(F)c1F)(c1c(F)c(F)c(F)c(F)c1F)c1c(F)c(F)c(F)c(F)c1F.CCCC(=C=C=C(CCC)[P+](C(C)(C)C)(C(C)(C)C)C(C)(C)C)[B-](c1c(F)c(F)c(F)c(F)c1F)(c1c(F)c(F)c(F)c(F)c1F)c1c(F)c(F)c(F)c(F)c1F.ClCCl.ClCCl.ClCCl. The van der Waals surface area contributed by atoms with Crippen LogP contribution < -0.4 is 32.8 Å².